The number of rotatable bonds is 4. The molecule has 0 bridgehead atoms. The van der Waals surface area contributed by atoms with E-state index in [-0.39, 0.29) is 5.82 Å². The molecule has 0 unspecified atom stereocenters. The van der Waals surface area contributed by atoms with Crippen LogP contribution in [0.3, 0.4) is 0 Å². The van der Waals surface area contributed by atoms with Gasteiger partial charge in [0.25, 0.3) is 0 Å². The molecule has 0 aliphatic rings. The van der Waals surface area contributed by atoms with Gasteiger partial charge in [-0.15, -0.1) is 11.8 Å². The zero-order valence-electron chi connectivity index (χ0n) is 15.0. The van der Waals surface area contributed by atoms with Crippen LogP contribution in [0, 0.1) is 5.82 Å². The van der Waals surface area contributed by atoms with Crippen LogP contribution in [-0.2, 0) is 5.75 Å². The van der Waals surface area contributed by atoms with Gasteiger partial charge in [0.1, 0.15) is 11.5 Å². The maximum atomic E-state index is 13.9. The number of pyridine rings is 1. The predicted octanol–water partition coefficient (Wildman–Crippen LogP) is 6.74. The number of fused-ring (bicyclic) bond motifs is 1. The molecule has 3 nitrogen and oxygen atoms in total. The van der Waals surface area contributed by atoms with E-state index in [0.717, 1.165) is 27.4 Å². The molecule has 27 heavy (non-hydrogen) atoms. The summed E-state index contributed by atoms with van der Waals surface area (Å²) >= 11 is 7.62. The van der Waals surface area contributed by atoms with E-state index in [1.54, 1.807) is 18.3 Å². The highest BCUT2D eigenvalue weighted by Crippen LogP contribution is 2.30. The SMILES string of the molecule is CC.Fc1cccc(Cl)c1CSc1ccc2nc(-c3ccccn3)[nH]c2c1. The molecule has 0 aliphatic heterocycles. The Morgan fingerprint density at radius 2 is 1.93 bits per heavy atom. The van der Waals surface area contributed by atoms with Gasteiger partial charge in [0.2, 0.25) is 0 Å². The average molecular weight is 400 g/mol. The lowest BCUT2D eigenvalue weighted by Gasteiger charge is -2.05. The molecule has 138 valence electrons. The van der Waals surface area contributed by atoms with Gasteiger partial charge >= 0.3 is 0 Å². The number of H-pyrrole nitrogens is 1. The van der Waals surface area contributed by atoms with Crippen molar-refractivity contribution >= 4 is 34.4 Å². The molecular weight excluding hydrogens is 381 g/mol. The highest BCUT2D eigenvalue weighted by Gasteiger charge is 2.10. The van der Waals surface area contributed by atoms with Crippen LogP contribution >= 0.6 is 23.4 Å². The van der Waals surface area contributed by atoms with Crippen LogP contribution in [0.2, 0.25) is 5.02 Å². The summed E-state index contributed by atoms with van der Waals surface area (Å²) in [7, 11) is 0. The minimum Gasteiger partial charge on any atom is -0.337 e. The van der Waals surface area contributed by atoms with Gasteiger partial charge in [0.05, 0.1) is 11.0 Å². The Kier molecular flexibility index (Phi) is 6.48. The molecule has 4 rings (SSSR count). The second kappa shape index (κ2) is 9.02. The first kappa shape index (κ1) is 19.4. The smallest absolute Gasteiger partial charge is 0.157 e. The van der Waals surface area contributed by atoms with Crippen molar-refractivity contribution in [2.24, 2.45) is 0 Å². The number of halogens is 2. The molecule has 2 heterocycles. The first-order chi connectivity index (χ1) is 13.2. The second-order valence-electron chi connectivity index (χ2n) is 5.47. The Bertz CT molecular complexity index is 1010. The van der Waals surface area contributed by atoms with Gasteiger partial charge in [0.15, 0.2) is 5.82 Å². The van der Waals surface area contributed by atoms with Crippen molar-refractivity contribution in [2.75, 3.05) is 0 Å². The van der Waals surface area contributed by atoms with Crippen molar-refractivity contribution in [2.45, 2.75) is 24.5 Å². The Hall–Kier alpha value is -2.37. The minimum atomic E-state index is -0.278. The van der Waals surface area contributed by atoms with Crippen molar-refractivity contribution in [3.05, 3.63) is 77.2 Å². The summed E-state index contributed by atoms with van der Waals surface area (Å²) in [5.74, 6) is 0.924. The van der Waals surface area contributed by atoms with Gasteiger partial charge in [-0.3, -0.25) is 4.98 Å². The maximum absolute atomic E-state index is 13.9. The van der Waals surface area contributed by atoms with E-state index < -0.39 is 0 Å². The van der Waals surface area contributed by atoms with Gasteiger partial charge in [0, 0.05) is 27.4 Å². The number of imidazole rings is 1. The van der Waals surface area contributed by atoms with Crippen molar-refractivity contribution in [3.8, 4) is 11.5 Å². The summed E-state index contributed by atoms with van der Waals surface area (Å²) in [6.45, 7) is 4.00. The number of benzene rings is 2. The molecule has 0 aliphatic carbocycles. The van der Waals surface area contributed by atoms with Crippen LogP contribution in [0.4, 0.5) is 4.39 Å². The van der Waals surface area contributed by atoms with Crippen LogP contribution in [-0.4, -0.2) is 15.0 Å². The van der Waals surface area contributed by atoms with E-state index in [1.165, 1.54) is 17.8 Å². The van der Waals surface area contributed by atoms with Gasteiger partial charge < -0.3 is 4.98 Å². The fourth-order valence-corrected chi connectivity index (χ4v) is 3.81. The summed E-state index contributed by atoms with van der Waals surface area (Å²) in [6, 6.07) is 16.4. The van der Waals surface area contributed by atoms with E-state index in [1.807, 2.05) is 50.2 Å². The van der Waals surface area contributed by atoms with E-state index in [2.05, 4.69) is 15.0 Å². The number of nitrogens with one attached hydrogen (secondary N) is 1. The Morgan fingerprint density at radius 1 is 1.07 bits per heavy atom. The monoisotopic (exact) mass is 399 g/mol. The molecule has 4 aromatic rings. The Labute approximate surface area is 167 Å². The zero-order chi connectivity index (χ0) is 19.2. The van der Waals surface area contributed by atoms with Crippen molar-refractivity contribution in [1.82, 2.24) is 15.0 Å². The summed E-state index contributed by atoms with van der Waals surface area (Å²) in [4.78, 5) is 13.2. The Balaban J connectivity index is 0.00000102. The molecule has 6 heteroatoms. The lowest BCUT2D eigenvalue weighted by molar-refractivity contribution is 0.617. The highest BCUT2D eigenvalue weighted by atomic mass is 35.5. The van der Waals surface area contributed by atoms with Crippen LogP contribution < -0.4 is 0 Å². The predicted molar refractivity (Wildman–Crippen MR) is 112 cm³/mol. The van der Waals surface area contributed by atoms with E-state index in [4.69, 9.17) is 11.6 Å². The fraction of sp³-hybridized carbons (Fsp3) is 0.143. The van der Waals surface area contributed by atoms with Crippen molar-refractivity contribution in [3.63, 3.8) is 0 Å². The van der Waals surface area contributed by atoms with Crippen LogP contribution in [0.15, 0.2) is 65.7 Å². The molecule has 0 saturated heterocycles. The number of hydrogen-bond acceptors (Lipinski definition) is 3. The molecule has 0 fully saturated rings. The highest BCUT2D eigenvalue weighted by molar-refractivity contribution is 7.98. The van der Waals surface area contributed by atoms with E-state index >= 15 is 0 Å². The molecule has 0 atom stereocenters. The summed E-state index contributed by atoms with van der Waals surface area (Å²) in [6.07, 6.45) is 1.74. The molecule has 1 N–H and O–H groups in total. The minimum absolute atomic E-state index is 0.278. The average Bonchev–Trinajstić information content (AvgIpc) is 3.13. The van der Waals surface area contributed by atoms with E-state index in [9.17, 15) is 4.39 Å². The van der Waals surface area contributed by atoms with E-state index in [0.29, 0.717) is 16.3 Å². The largest absolute Gasteiger partial charge is 0.337 e. The zero-order valence-corrected chi connectivity index (χ0v) is 16.6. The summed E-state index contributed by atoms with van der Waals surface area (Å²) < 4.78 is 13.9. The van der Waals surface area contributed by atoms with Crippen LogP contribution in [0.25, 0.3) is 22.6 Å². The number of aromatic nitrogens is 3. The summed E-state index contributed by atoms with van der Waals surface area (Å²) in [5, 5.41) is 0.451. The first-order valence-electron chi connectivity index (χ1n) is 8.67. The van der Waals surface area contributed by atoms with Gasteiger partial charge in [-0.1, -0.05) is 37.6 Å². The normalized spacial score (nSPS) is 10.5. The lowest BCUT2D eigenvalue weighted by Crippen LogP contribution is -1.88. The molecule has 2 aromatic heterocycles. The topological polar surface area (TPSA) is 41.6 Å². The molecule has 0 spiro atoms. The molecule has 0 saturated carbocycles. The van der Waals surface area contributed by atoms with Gasteiger partial charge in [-0.2, -0.15) is 0 Å². The Morgan fingerprint density at radius 3 is 2.67 bits per heavy atom. The molecule has 0 radical (unpaired) electrons. The number of nitrogens with zero attached hydrogens (tertiary/aromatic N) is 2. The molecule has 2 aromatic carbocycles. The third-order valence-corrected chi connectivity index (χ3v) is 5.18. The number of thioether (sulfide) groups is 1. The third-order valence-electron chi connectivity index (χ3n) is 3.81. The summed E-state index contributed by atoms with van der Waals surface area (Å²) in [5.41, 5.74) is 3.11. The molecular formula is C21H19ClFN3S. The molecule has 0 amide bonds. The third kappa shape index (κ3) is 4.49. The van der Waals surface area contributed by atoms with Crippen LogP contribution in [0.1, 0.15) is 19.4 Å². The number of hydrogen-bond donors (Lipinski definition) is 1. The van der Waals surface area contributed by atoms with Gasteiger partial charge in [-0.25, -0.2) is 9.37 Å². The van der Waals surface area contributed by atoms with Crippen molar-refractivity contribution in [1.29, 1.82) is 0 Å². The van der Waals surface area contributed by atoms with Crippen LogP contribution in [0.5, 0.6) is 0 Å². The number of aromatic amines is 1. The first-order valence-corrected chi connectivity index (χ1v) is 10.0. The quantitative estimate of drug-likeness (QED) is 0.386. The van der Waals surface area contributed by atoms with Crippen molar-refractivity contribution < 1.29 is 4.39 Å². The van der Waals surface area contributed by atoms with Gasteiger partial charge in [-0.05, 0) is 42.5 Å². The lowest BCUT2D eigenvalue weighted by atomic mass is 10.2. The maximum Gasteiger partial charge on any atom is 0.157 e. The second-order valence-corrected chi connectivity index (χ2v) is 6.92. The fourth-order valence-electron chi connectivity index (χ4n) is 2.53. The standard InChI is InChI=1S/C19H13ClFN3S.C2H6/c20-14-4-3-5-15(21)13(14)11-25-12-7-8-16-18(10-12)24-19(23-16)17-6-1-2-9-22-17;1-2/h1-10H,11H2,(H,23,24);1-2H3.